The standard InChI is InChI=1S/C16H13F2N3O2/c1-9-3-5-10(6-4-9)12-7-13(14(17)18)21-15(20-12)11(8-19-21)16(22)23-2/h3-8,14H,1-2H3. The molecule has 0 spiro atoms. The molecular weight excluding hydrogens is 304 g/mol. The summed E-state index contributed by atoms with van der Waals surface area (Å²) in [5.41, 5.74) is 1.83. The van der Waals surface area contributed by atoms with Gasteiger partial charge in [0.1, 0.15) is 11.3 Å². The number of aryl methyl sites for hydroxylation is 1. The number of aromatic nitrogens is 3. The topological polar surface area (TPSA) is 56.5 Å². The van der Waals surface area contributed by atoms with Crippen molar-refractivity contribution in [3.63, 3.8) is 0 Å². The molecule has 118 valence electrons. The summed E-state index contributed by atoms with van der Waals surface area (Å²) in [6.45, 7) is 1.93. The van der Waals surface area contributed by atoms with E-state index in [1.807, 2.05) is 19.1 Å². The monoisotopic (exact) mass is 317 g/mol. The van der Waals surface area contributed by atoms with Gasteiger partial charge in [0.15, 0.2) is 5.65 Å². The number of halogens is 2. The average molecular weight is 317 g/mol. The van der Waals surface area contributed by atoms with Crippen LogP contribution in [0.25, 0.3) is 16.9 Å². The van der Waals surface area contributed by atoms with Gasteiger partial charge in [-0.3, -0.25) is 0 Å². The van der Waals surface area contributed by atoms with Gasteiger partial charge in [-0.25, -0.2) is 23.1 Å². The molecule has 0 fully saturated rings. The van der Waals surface area contributed by atoms with Gasteiger partial charge in [0, 0.05) is 5.56 Å². The Labute approximate surface area is 130 Å². The number of ether oxygens (including phenoxy) is 1. The molecule has 1 aromatic carbocycles. The fourth-order valence-corrected chi connectivity index (χ4v) is 2.27. The van der Waals surface area contributed by atoms with Crippen LogP contribution in [0.3, 0.4) is 0 Å². The van der Waals surface area contributed by atoms with E-state index in [9.17, 15) is 13.6 Å². The maximum Gasteiger partial charge on any atom is 0.343 e. The van der Waals surface area contributed by atoms with E-state index in [-0.39, 0.29) is 16.9 Å². The van der Waals surface area contributed by atoms with E-state index in [1.54, 1.807) is 12.1 Å². The molecule has 0 unspecified atom stereocenters. The molecule has 2 aromatic heterocycles. The number of esters is 1. The van der Waals surface area contributed by atoms with Gasteiger partial charge in [0.05, 0.1) is 19.0 Å². The Kier molecular flexibility index (Phi) is 3.77. The molecule has 23 heavy (non-hydrogen) atoms. The zero-order valence-electron chi connectivity index (χ0n) is 12.5. The first-order chi connectivity index (χ1) is 11.0. The number of fused-ring (bicyclic) bond motifs is 1. The molecular formula is C16H13F2N3O2. The molecule has 0 radical (unpaired) electrons. The number of hydrogen-bond donors (Lipinski definition) is 0. The Morgan fingerprint density at radius 2 is 1.96 bits per heavy atom. The molecule has 3 rings (SSSR count). The molecule has 7 heteroatoms. The first-order valence-electron chi connectivity index (χ1n) is 6.83. The lowest BCUT2D eigenvalue weighted by atomic mass is 10.1. The van der Waals surface area contributed by atoms with Crippen LogP contribution < -0.4 is 0 Å². The number of nitrogens with zero attached hydrogens (tertiary/aromatic N) is 3. The predicted molar refractivity (Wildman–Crippen MR) is 79.5 cm³/mol. The van der Waals surface area contributed by atoms with Crippen LogP contribution in [0.5, 0.6) is 0 Å². The Hall–Kier alpha value is -2.83. The van der Waals surface area contributed by atoms with Gasteiger partial charge >= 0.3 is 5.97 Å². The van der Waals surface area contributed by atoms with Gasteiger partial charge < -0.3 is 4.74 Å². The van der Waals surface area contributed by atoms with E-state index < -0.39 is 12.4 Å². The van der Waals surface area contributed by atoms with E-state index in [4.69, 9.17) is 0 Å². The molecule has 0 saturated heterocycles. The quantitative estimate of drug-likeness (QED) is 0.695. The largest absolute Gasteiger partial charge is 0.465 e. The van der Waals surface area contributed by atoms with Crippen LogP contribution in [0.2, 0.25) is 0 Å². The van der Waals surface area contributed by atoms with Crippen molar-refractivity contribution in [1.82, 2.24) is 14.6 Å². The van der Waals surface area contributed by atoms with Crippen molar-refractivity contribution in [2.45, 2.75) is 13.3 Å². The van der Waals surface area contributed by atoms with E-state index >= 15 is 0 Å². The molecule has 0 aliphatic rings. The zero-order valence-corrected chi connectivity index (χ0v) is 12.5. The maximum atomic E-state index is 13.3. The van der Waals surface area contributed by atoms with E-state index in [2.05, 4.69) is 14.8 Å². The molecule has 0 aliphatic heterocycles. The average Bonchev–Trinajstić information content (AvgIpc) is 2.97. The minimum atomic E-state index is -2.75. The molecule has 0 aliphatic carbocycles. The molecule has 5 nitrogen and oxygen atoms in total. The summed E-state index contributed by atoms with van der Waals surface area (Å²) in [6, 6.07) is 8.58. The third kappa shape index (κ3) is 2.65. The Bertz CT molecular complexity index is 873. The predicted octanol–water partition coefficient (Wildman–Crippen LogP) is 3.43. The molecule has 3 aromatic rings. The first kappa shape index (κ1) is 15.1. The second-order valence-electron chi connectivity index (χ2n) is 5.02. The summed E-state index contributed by atoms with van der Waals surface area (Å²) in [7, 11) is 1.21. The first-order valence-corrected chi connectivity index (χ1v) is 6.83. The fraction of sp³-hybridized carbons (Fsp3) is 0.188. The highest BCUT2D eigenvalue weighted by molar-refractivity contribution is 5.95. The number of alkyl halides is 2. The minimum Gasteiger partial charge on any atom is -0.465 e. The van der Waals surface area contributed by atoms with Crippen LogP contribution in [0.4, 0.5) is 8.78 Å². The molecule has 0 saturated carbocycles. The number of carbonyl (C=O) groups excluding carboxylic acids is 1. The van der Waals surface area contributed by atoms with Crippen LogP contribution in [0.1, 0.15) is 28.0 Å². The van der Waals surface area contributed by atoms with Crippen LogP contribution in [0.15, 0.2) is 36.5 Å². The van der Waals surface area contributed by atoms with E-state index in [0.717, 1.165) is 10.1 Å². The van der Waals surface area contributed by atoms with Crippen molar-refractivity contribution in [1.29, 1.82) is 0 Å². The number of rotatable bonds is 3. The SMILES string of the molecule is COC(=O)c1cnn2c(C(F)F)cc(-c3ccc(C)cc3)nc12. The molecule has 0 atom stereocenters. The minimum absolute atomic E-state index is 0.0448. The van der Waals surface area contributed by atoms with Gasteiger partial charge in [0.2, 0.25) is 0 Å². The van der Waals surface area contributed by atoms with Crippen molar-refractivity contribution in [2.75, 3.05) is 7.11 Å². The van der Waals surface area contributed by atoms with Crippen molar-refractivity contribution >= 4 is 11.6 Å². The zero-order chi connectivity index (χ0) is 16.6. The lowest BCUT2D eigenvalue weighted by molar-refractivity contribution is 0.0602. The van der Waals surface area contributed by atoms with Crippen molar-refractivity contribution < 1.29 is 18.3 Å². The van der Waals surface area contributed by atoms with E-state index in [0.29, 0.717) is 11.3 Å². The number of carbonyl (C=O) groups is 1. The molecule has 0 bridgehead atoms. The van der Waals surface area contributed by atoms with Crippen LogP contribution in [0, 0.1) is 6.92 Å². The Balaban J connectivity index is 2.26. The van der Waals surface area contributed by atoms with Crippen molar-refractivity contribution in [2.24, 2.45) is 0 Å². The smallest absolute Gasteiger partial charge is 0.343 e. The third-order valence-electron chi connectivity index (χ3n) is 3.48. The summed E-state index contributed by atoms with van der Waals surface area (Å²) < 4.78 is 32.3. The van der Waals surface area contributed by atoms with Gasteiger partial charge in [-0.1, -0.05) is 29.8 Å². The molecule has 0 N–H and O–H groups in total. The number of benzene rings is 1. The summed E-state index contributed by atoms with van der Waals surface area (Å²) in [5, 5.41) is 3.83. The highest BCUT2D eigenvalue weighted by Crippen LogP contribution is 2.27. The highest BCUT2D eigenvalue weighted by Gasteiger charge is 2.21. The highest BCUT2D eigenvalue weighted by atomic mass is 19.3. The van der Waals surface area contributed by atoms with Gasteiger partial charge in [-0.05, 0) is 13.0 Å². The third-order valence-corrected chi connectivity index (χ3v) is 3.48. The van der Waals surface area contributed by atoms with E-state index in [1.165, 1.54) is 19.4 Å². The van der Waals surface area contributed by atoms with Crippen molar-refractivity contribution in [3.05, 3.63) is 53.3 Å². The summed E-state index contributed by atoms with van der Waals surface area (Å²) in [5.74, 6) is -0.672. The molecule has 2 heterocycles. The van der Waals surface area contributed by atoms with Crippen LogP contribution >= 0.6 is 0 Å². The fourth-order valence-electron chi connectivity index (χ4n) is 2.27. The van der Waals surface area contributed by atoms with Crippen molar-refractivity contribution in [3.8, 4) is 11.3 Å². The lowest BCUT2D eigenvalue weighted by Gasteiger charge is -2.08. The Morgan fingerprint density at radius 3 is 2.57 bits per heavy atom. The van der Waals surface area contributed by atoms with Gasteiger partial charge in [0.25, 0.3) is 6.43 Å². The summed E-state index contributed by atoms with van der Waals surface area (Å²) in [4.78, 5) is 16.1. The summed E-state index contributed by atoms with van der Waals surface area (Å²) in [6.07, 6.45) is -1.58. The second-order valence-corrected chi connectivity index (χ2v) is 5.02. The Morgan fingerprint density at radius 1 is 1.26 bits per heavy atom. The van der Waals surface area contributed by atoms with Gasteiger partial charge in [-0.2, -0.15) is 5.10 Å². The van der Waals surface area contributed by atoms with Crippen LogP contribution in [-0.2, 0) is 4.74 Å². The lowest BCUT2D eigenvalue weighted by Crippen LogP contribution is -2.06. The number of hydrogen-bond acceptors (Lipinski definition) is 4. The molecule has 0 amide bonds. The maximum absolute atomic E-state index is 13.3. The normalized spacial score (nSPS) is 11.2. The second kappa shape index (κ2) is 5.75. The van der Waals surface area contributed by atoms with Crippen LogP contribution in [-0.4, -0.2) is 27.7 Å². The van der Waals surface area contributed by atoms with Gasteiger partial charge in [-0.15, -0.1) is 0 Å². The summed E-state index contributed by atoms with van der Waals surface area (Å²) >= 11 is 0. The number of methoxy groups -OCH3 is 1.